The van der Waals surface area contributed by atoms with Crippen LogP contribution in [0.5, 0.6) is 0 Å². The minimum atomic E-state index is 0.711. The molecule has 4 rings (SSSR count). The third-order valence-electron chi connectivity index (χ3n) is 4.31. The van der Waals surface area contributed by atoms with Crippen LogP contribution in [0, 0.1) is 0 Å². The zero-order valence-electron chi connectivity index (χ0n) is 12.7. The van der Waals surface area contributed by atoms with Crippen LogP contribution in [0.15, 0.2) is 24.5 Å². The first-order valence-electron chi connectivity index (χ1n) is 7.88. The number of hydrogen-bond acceptors (Lipinski definition) is 4. The normalized spacial score (nSPS) is 16.2. The van der Waals surface area contributed by atoms with Gasteiger partial charge in [-0.15, -0.1) is 0 Å². The maximum Gasteiger partial charge on any atom is 0.154 e. The van der Waals surface area contributed by atoms with Crippen molar-refractivity contribution in [3.8, 4) is 0 Å². The molecule has 1 aliphatic rings. The van der Waals surface area contributed by atoms with Crippen molar-refractivity contribution in [1.29, 1.82) is 0 Å². The summed E-state index contributed by atoms with van der Waals surface area (Å²) in [6.45, 7) is 5.79. The highest BCUT2D eigenvalue weighted by molar-refractivity contribution is 6.31. The Hall–Kier alpha value is -1.89. The number of anilines is 1. The Labute approximate surface area is 138 Å². The lowest BCUT2D eigenvalue weighted by Gasteiger charge is -2.23. The summed E-state index contributed by atoms with van der Waals surface area (Å²) in [7, 11) is 0. The van der Waals surface area contributed by atoms with Crippen LogP contribution in [0.4, 0.5) is 5.82 Å². The van der Waals surface area contributed by atoms with Gasteiger partial charge in [-0.2, -0.15) is 0 Å². The van der Waals surface area contributed by atoms with E-state index in [2.05, 4.69) is 20.3 Å². The van der Waals surface area contributed by atoms with Crippen LogP contribution < -0.4 is 10.2 Å². The predicted molar refractivity (Wildman–Crippen MR) is 91.3 cm³/mol. The van der Waals surface area contributed by atoms with Gasteiger partial charge in [0.15, 0.2) is 5.82 Å². The fraction of sp³-hybridized carbons (Fsp3) is 0.375. The van der Waals surface area contributed by atoms with Crippen LogP contribution in [0.3, 0.4) is 0 Å². The summed E-state index contributed by atoms with van der Waals surface area (Å²) in [5.74, 6) is 0.843. The molecule has 2 aromatic heterocycles. The molecule has 0 amide bonds. The molecule has 7 heteroatoms. The Morgan fingerprint density at radius 2 is 2.13 bits per heavy atom. The molecule has 0 bridgehead atoms. The molecule has 0 saturated carbocycles. The van der Waals surface area contributed by atoms with Crippen molar-refractivity contribution in [2.75, 3.05) is 44.7 Å². The lowest BCUT2D eigenvalue weighted by Crippen LogP contribution is -3.14. The van der Waals surface area contributed by atoms with Gasteiger partial charge in [-0.25, -0.2) is 9.97 Å². The van der Waals surface area contributed by atoms with Gasteiger partial charge in [-0.1, -0.05) is 11.6 Å². The summed E-state index contributed by atoms with van der Waals surface area (Å²) in [6, 6.07) is 5.78. The van der Waals surface area contributed by atoms with Crippen molar-refractivity contribution < 1.29 is 9.64 Å². The molecule has 1 aliphatic heterocycles. The van der Waals surface area contributed by atoms with Gasteiger partial charge in [0.05, 0.1) is 26.3 Å². The number of nitrogens with zero attached hydrogens (tertiary/aromatic N) is 2. The second-order valence-electron chi connectivity index (χ2n) is 5.80. The Balaban J connectivity index is 1.56. The molecule has 1 fully saturated rings. The molecule has 0 radical (unpaired) electrons. The van der Waals surface area contributed by atoms with Crippen molar-refractivity contribution in [2.24, 2.45) is 0 Å². The van der Waals surface area contributed by atoms with E-state index in [0.717, 1.165) is 67.1 Å². The van der Waals surface area contributed by atoms with E-state index in [-0.39, 0.29) is 0 Å². The van der Waals surface area contributed by atoms with Crippen LogP contribution in [0.25, 0.3) is 21.9 Å². The van der Waals surface area contributed by atoms with E-state index in [4.69, 9.17) is 16.3 Å². The van der Waals surface area contributed by atoms with E-state index in [1.807, 2.05) is 18.2 Å². The van der Waals surface area contributed by atoms with Gasteiger partial charge in [0.25, 0.3) is 0 Å². The highest BCUT2D eigenvalue weighted by Gasteiger charge is 2.14. The molecule has 0 aliphatic carbocycles. The van der Waals surface area contributed by atoms with Gasteiger partial charge >= 0.3 is 0 Å². The maximum atomic E-state index is 6.10. The van der Waals surface area contributed by atoms with Gasteiger partial charge in [0.2, 0.25) is 0 Å². The Bertz CT molecular complexity index is 828. The van der Waals surface area contributed by atoms with E-state index in [1.165, 1.54) is 0 Å². The number of halogens is 1. The van der Waals surface area contributed by atoms with Crippen molar-refractivity contribution in [1.82, 2.24) is 15.0 Å². The smallest absolute Gasteiger partial charge is 0.154 e. The average molecular weight is 333 g/mol. The molecule has 3 aromatic rings. The summed E-state index contributed by atoms with van der Waals surface area (Å²) >= 11 is 6.10. The molecule has 3 N–H and O–H groups in total. The Morgan fingerprint density at radius 3 is 3.00 bits per heavy atom. The zero-order valence-corrected chi connectivity index (χ0v) is 13.5. The highest BCUT2D eigenvalue weighted by atomic mass is 35.5. The lowest BCUT2D eigenvalue weighted by atomic mass is 10.2. The standard InChI is InChI=1S/C16H18ClN5O/c17-11-1-2-13-12(9-11)14-15(21-13)16(20-10-19-14)18-3-4-22-5-7-23-8-6-22/h1-2,9-10,21H,3-8H2,(H,18,19,20)/p+1. The first-order valence-corrected chi connectivity index (χ1v) is 8.26. The fourth-order valence-electron chi connectivity index (χ4n) is 3.07. The first-order chi connectivity index (χ1) is 11.3. The van der Waals surface area contributed by atoms with Crippen LogP contribution in [0.2, 0.25) is 5.02 Å². The molecule has 0 spiro atoms. The van der Waals surface area contributed by atoms with Crippen molar-refractivity contribution >= 4 is 39.4 Å². The molecule has 1 aromatic carbocycles. The summed E-state index contributed by atoms with van der Waals surface area (Å²) in [6.07, 6.45) is 1.60. The monoisotopic (exact) mass is 332 g/mol. The van der Waals surface area contributed by atoms with Crippen LogP contribution in [-0.2, 0) is 4.74 Å². The average Bonchev–Trinajstić information content (AvgIpc) is 2.95. The SMILES string of the molecule is Clc1ccc2[nH]c3c(NCC[NH+]4CCOCC4)ncnc3c2c1. The number of nitrogens with one attached hydrogen (secondary N) is 3. The summed E-state index contributed by atoms with van der Waals surface area (Å²) < 4.78 is 5.39. The van der Waals surface area contributed by atoms with Gasteiger partial charge in [-0.3, -0.25) is 0 Å². The molecular formula is C16H19ClN5O+. The second-order valence-corrected chi connectivity index (χ2v) is 6.24. The van der Waals surface area contributed by atoms with E-state index in [9.17, 15) is 0 Å². The summed E-state index contributed by atoms with van der Waals surface area (Å²) in [4.78, 5) is 13.7. The van der Waals surface area contributed by atoms with Crippen molar-refractivity contribution in [3.63, 3.8) is 0 Å². The lowest BCUT2D eigenvalue weighted by molar-refractivity contribution is -0.906. The van der Waals surface area contributed by atoms with Gasteiger partial charge in [-0.05, 0) is 18.2 Å². The van der Waals surface area contributed by atoms with E-state index in [1.54, 1.807) is 11.2 Å². The third-order valence-corrected chi connectivity index (χ3v) is 4.55. The van der Waals surface area contributed by atoms with Crippen LogP contribution in [-0.4, -0.2) is 54.3 Å². The molecule has 0 atom stereocenters. The van der Waals surface area contributed by atoms with Crippen molar-refractivity contribution in [3.05, 3.63) is 29.5 Å². The predicted octanol–water partition coefficient (Wildman–Crippen LogP) is 1.09. The van der Waals surface area contributed by atoms with Crippen LogP contribution in [0.1, 0.15) is 0 Å². The van der Waals surface area contributed by atoms with Crippen molar-refractivity contribution in [2.45, 2.75) is 0 Å². The quantitative estimate of drug-likeness (QED) is 0.669. The number of benzene rings is 1. The molecule has 6 nitrogen and oxygen atoms in total. The number of fused-ring (bicyclic) bond motifs is 3. The number of aromatic nitrogens is 3. The van der Waals surface area contributed by atoms with Crippen LogP contribution >= 0.6 is 11.6 Å². The molecular weight excluding hydrogens is 314 g/mol. The van der Waals surface area contributed by atoms with E-state index in [0.29, 0.717) is 5.02 Å². The molecule has 120 valence electrons. The van der Waals surface area contributed by atoms with Gasteiger partial charge < -0.3 is 19.9 Å². The number of quaternary nitrogens is 1. The Morgan fingerprint density at radius 1 is 1.26 bits per heavy atom. The molecule has 3 heterocycles. The van der Waals surface area contributed by atoms with E-state index < -0.39 is 0 Å². The number of H-pyrrole nitrogens is 1. The maximum absolute atomic E-state index is 6.10. The summed E-state index contributed by atoms with van der Waals surface area (Å²) in [5.41, 5.74) is 2.85. The number of rotatable bonds is 4. The zero-order chi connectivity index (χ0) is 15.6. The van der Waals surface area contributed by atoms with E-state index >= 15 is 0 Å². The topological polar surface area (TPSA) is 67.3 Å². The highest BCUT2D eigenvalue weighted by Crippen LogP contribution is 2.28. The minimum absolute atomic E-state index is 0.711. The fourth-order valence-corrected chi connectivity index (χ4v) is 3.24. The number of morpholine rings is 1. The Kier molecular flexibility index (Phi) is 4.03. The molecule has 23 heavy (non-hydrogen) atoms. The number of hydrogen-bond donors (Lipinski definition) is 3. The molecule has 1 saturated heterocycles. The first kappa shape index (κ1) is 14.7. The third kappa shape index (κ3) is 2.97. The largest absolute Gasteiger partial charge is 0.370 e. The van der Waals surface area contributed by atoms with Gasteiger partial charge in [0, 0.05) is 15.9 Å². The number of aromatic amines is 1. The second kappa shape index (κ2) is 6.31. The molecule has 0 unspecified atom stereocenters. The number of ether oxygens (including phenoxy) is 1. The minimum Gasteiger partial charge on any atom is -0.370 e. The van der Waals surface area contributed by atoms with Gasteiger partial charge in [0.1, 0.15) is 30.5 Å². The summed E-state index contributed by atoms with van der Waals surface area (Å²) in [5, 5.41) is 5.17.